The standard InChI is InChI=1S/C12H19NO6/c1-3-18-11(17)5-4-9(14)13-7-12(2,8-13)19-6-10(15)16/h3-8H2,1-2H3,(H,15,16). The highest BCUT2D eigenvalue weighted by atomic mass is 16.5. The van der Waals surface area contributed by atoms with Crippen LogP contribution >= 0.6 is 0 Å². The molecule has 0 spiro atoms. The average Bonchev–Trinajstić information content (AvgIpc) is 2.30. The van der Waals surface area contributed by atoms with Crippen molar-refractivity contribution in [2.75, 3.05) is 26.3 Å². The second-order valence-corrected chi connectivity index (χ2v) is 4.69. The first-order valence-corrected chi connectivity index (χ1v) is 6.15. The van der Waals surface area contributed by atoms with Gasteiger partial charge in [0, 0.05) is 6.42 Å². The van der Waals surface area contributed by atoms with E-state index in [4.69, 9.17) is 14.6 Å². The molecule has 1 heterocycles. The number of likely N-dealkylation sites (tertiary alicyclic amines) is 1. The molecule has 108 valence electrons. The van der Waals surface area contributed by atoms with Crippen molar-refractivity contribution in [3.05, 3.63) is 0 Å². The zero-order valence-electron chi connectivity index (χ0n) is 11.2. The number of ether oxygens (including phenoxy) is 2. The van der Waals surface area contributed by atoms with Crippen molar-refractivity contribution in [3.63, 3.8) is 0 Å². The van der Waals surface area contributed by atoms with E-state index < -0.39 is 11.6 Å². The van der Waals surface area contributed by atoms with Crippen LogP contribution in [0.4, 0.5) is 0 Å². The summed E-state index contributed by atoms with van der Waals surface area (Å²) < 4.78 is 9.92. The fourth-order valence-corrected chi connectivity index (χ4v) is 1.87. The van der Waals surface area contributed by atoms with E-state index in [1.54, 1.807) is 18.7 Å². The fourth-order valence-electron chi connectivity index (χ4n) is 1.87. The molecule has 1 amide bonds. The third-order valence-corrected chi connectivity index (χ3v) is 2.80. The third kappa shape index (κ3) is 4.86. The fraction of sp³-hybridized carbons (Fsp3) is 0.750. The second-order valence-electron chi connectivity index (χ2n) is 4.69. The van der Waals surface area contributed by atoms with Gasteiger partial charge in [-0.2, -0.15) is 0 Å². The van der Waals surface area contributed by atoms with Crippen LogP contribution in [0.3, 0.4) is 0 Å². The van der Waals surface area contributed by atoms with E-state index in [0.717, 1.165) is 0 Å². The minimum absolute atomic E-state index is 0.0653. The Morgan fingerprint density at radius 3 is 2.42 bits per heavy atom. The predicted octanol–water partition coefficient (Wildman–Crippen LogP) is 0.0318. The van der Waals surface area contributed by atoms with Crippen molar-refractivity contribution in [1.82, 2.24) is 4.90 Å². The van der Waals surface area contributed by atoms with Gasteiger partial charge in [0.15, 0.2) is 0 Å². The van der Waals surface area contributed by atoms with Gasteiger partial charge in [-0.3, -0.25) is 9.59 Å². The summed E-state index contributed by atoms with van der Waals surface area (Å²) in [5.74, 6) is -1.57. The number of carboxylic acid groups (broad SMARTS) is 1. The highest BCUT2D eigenvalue weighted by Gasteiger charge is 2.42. The number of carbonyl (C=O) groups excluding carboxylic acids is 2. The predicted molar refractivity (Wildman–Crippen MR) is 64.4 cm³/mol. The summed E-state index contributed by atoms with van der Waals surface area (Å²) in [6.07, 6.45) is 0.170. The molecule has 0 atom stereocenters. The van der Waals surface area contributed by atoms with E-state index in [0.29, 0.717) is 19.7 Å². The molecule has 1 fully saturated rings. The molecule has 1 aliphatic rings. The number of hydrogen-bond donors (Lipinski definition) is 1. The van der Waals surface area contributed by atoms with E-state index in [-0.39, 0.29) is 31.3 Å². The number of rotatable bonds is 7. The smallest absolute Gasteiger partial charge is 0.329 e. The third-order valence-electron chi connectivity index (χ3n) is 2.80. The minimum Gasteiger partial charge on any atom is -0.480 e. The van der Waals surface area contributed by atoms with Crippen LogP contribution in [0.5, 0.6) is 0 Å². The summed E-state index contributed by atoms with van der Waals surface area (Å²) in [6, 6.07) is 0. The Balaban J connectivity index is 2.24. The van der Waals surface area contributed by atoms with Gasteiger partial charge >= 0.3 is 11.9 Å². The highest BCUT2D eigenvalue weighted by Crippen LogP contribution is 2.25. The Hall–Kier alpha value is -1.63. The van der Waals surface area contributed by atoms with Gasteiger partial charge in [-0.1, -0.05) is 0 Å². The lowest BCUT2D eigenvalue weighted by atomic mass is 9.95. The summed E-state index contributed by atoms with van der Waals surface area (Å²) >= 11 is 0. The molecule has 19 heavy (non-hydrogen) atoms. The maximum Gasteiger partial charge on any atom is 0.329 e. The summed E-state index contributed by atoms with van der Waals surface area (Å²) in [4.78, 5) is 34.7. The Kier molecular flexibility index (Phi) is 5.29. The average molecular weight is 273 g/mol. The number of carbonyl (C=O) groups is 3. The van der Waals surface area contributed by atoms with Gasteiger partial charge in [0.2, 0.25) is 5.91 Å². The van der Waals surface area contributed by atoms with Gasteiger partial charge in [-0.25, -0.2) is 4.79 Å². The SMILES string of the molecule is CCOC(=O)CCC(=O)N1CC(C)(OCC(=O)O)C1. The molecule has 0 radical (unpaired) electrons. The number of nitrogens with zero attached hydrogens (tertiary/aromatic N) is 1. The molecule has 7 heteroatoms. The first kappa shape index (κ1) is 15.4. The van der Waals surface area contributed by atoms with Gasteiger partial charge in [0.1, 0.15) is 12.2 Å². The first-order chi connectivity index (χ1) is 8.86. The van der Waals surface area contributed by atoms with E-state index in [1.807, 2.05) is 0 Å². The lowest BCUT2D eigenvalue weighted by molar-refractivity contribution is -0.174. The van der Waals surface area contributed by atoms with Crippen LogP contribution in [-0.4, -0.2) is 59.8 Å². The largest absolute Gasteiger partial charge is 0.480 e. The zero-order valence-corrected chi connectivity index (χ0v) is 11.2. The Labute approximate surface area is 111 Å². The lowest BCUT2D eigenvalue weighted by Gasteiger charge is -2.47. The van der Waals surface area contributed by atoms with Crippen LogP contribution in [0.1, 0.15) is 26.7 Å². The molecule has 1 aliphatic heterocycles. The molecule has 0 aromatic rings. The van der Waals surface area contributed by atoms with Crippen molar-refractivity contribution in [2.24, 2.45) is 0 Å². The number of hydrogen-bond acceptors (Lipinski definition) is 5. The molecule has 0 saturated carbocycles. The van der Waals surface area contributed by atoms with E-state index in [2.05, 4.69) is 0 Å². The summed E-state index contributed by atoms with van der Waals surface area (Å²) in [5, 5.41) is 8.51. The van der Waals surface area contributed by atoms with E-state index in [1.165, 1.54) is 0 Å². The van der Waals surface area contributed by atoms with Gasteiger partial charge in [-0.15, -0.1) is 0 Å². The lowest BCUT2D eigenvalue weighted by Crippen LogP contribution is -2.63. The van der Waals surface area contributed by atoms with Gasteiger partial charge < -0.3 is 19.5 Å². The molecular formula is C12H19NO6. The molecule has 7 nitrogen and oxygen atoms in total. The Bertz CT molecular complexity index is 361. The van der Waals surface area contributed by atoms with Crippen LogP contribution in [-0.2, 0) is 23.9 Å². The second kappa shape index (κ2) is 6.51. The van der Waals surface area contributed by atoms with Crippen molar-refractivity contribution in [1.29, 1.82) is 0 Å². The minimum atomic E-state index is -1.03. The zero-order chi connectivity index (χ0) is 14.5. The normalized spacial score (nSPS) is 16.6. The van der Waals surface area contributed by atoms with Crippen molar-refractivity contribution in [3.8, 4) is 0 Å². The van der Waals surface area contributed by atoms with E-state index in [9.17, 15) is 14.4 Å². The molecule has 0 unspecified atom stereocenters. The van der Waals surface area contributed by atoms with Gasteiger partial charge in [0.05, 0.1) is 26.1 Å². The molecule has 1 rings (SSSR count). The number of carboxylic acids is 1. The Morgan fingerprint density at radius 1 is 1.26 bits per heavy atom. The molecule has 1 N–H and O–H groups in total. The van der Waals surface area contributed by atoms with Crippen LogP contribution in [0.25, 0.3) is 0 Å². The van der Waals surface area contributed by atoms with Crippen LogP contribution in [0.2, 0.25) is 0 Å². The molecule has 0 bridgehead atoms. The number of aliphatic carboxylic acids is 1. The summed E-state index contributed by atoms with van der Waals surface area (Å²) in [7, 11) is 0. The highest BCUT2D eigenvalue weighted by molar-refractivity contribution is 5.82. The topological polar surface area (TPSA) is 93.1 Å². The molecule has 1 saturated heterocycles. The first-order valence-electron chi connectivity index (χ1n) is 6.15. The number of esters is 1. The van der Waals surface area contributed by atoms with Crippen LogP contribution < -0.4 is 0 Å². The van der Waals surface area contributed by atoms with E-state index >= 15 is 0 Å². The van der Waals surface area contributed by atoms with Crippen molar-refractivity contribution in [2.45, 2.75) is 32.3 Å². The van der Waals surface area contributed by atoms with Crippen LogP contribution in [0, 0.1) is 0 Å². The Morgan fingerprint density at radius 2 is 1.89 bits per heavy atom. The molecule has 0 aliphatic carbocycles. The quantitative estimate of drug-likeness (QED) is 0.658. The monoisotopic (exact) mass is 273 g/mol. The molecular weight excluding hydrogens is 254 g/mol. The van der Waals surface area contributed by atoms with Crippen molar-refractivity contribution >= 4 is 17.8 Å². The molecule has 0 aromatic heterocycles. The van der Waals surface area contributed by atoms with Crippen molar-refractivity contribution < 1.29 is 29.0 Å². The summed E-state index contributed by atoms with van der Waals surface area (Å²) in [6.45, 7) is 4.09. The number of amides is 1. The van der Waals surface area contributed by atoms with Gasteiger partial charge in [-0.05, 0) is 13.8 Å². The maximum atomic E-state index is 11.7. The van der Waals surface area contributed by atoms with Gasteiger partial charge in [0.25, 0.3) is 0 Å². The van der Waals surface area contributed by atoms with Crippen LogP contribution in [0.15, 0.2) is 0 Å². The molecule has 0 aromatic carbocycles. The summed E-state index contributed by atoms with van der Waals surface area (Å²) in [5.41, 5.74) is -0.599. The maximum absolute atomic E-state index is 11.7.